The molecule has 0 spiro atoms. The predicted molar refractivity (Wildman–Crippen MR) is 106 cm³/mol. The number of nitrogens with one attached hydrogen (secondary N) is 1. The average Bonchev–Trinajstić information content (AvgIpc) is 3.19. The number of hydrogen-bond donors (Lipinski definition) is 1. The van der Waals surface area contributed by atoms with E-state index >= 15 is 0 Å². The Morgan fingerprint density at radius 1 is 1.07 bits per heavy atom. The maximum absolute atomic E-state index is 13.6. The lowest BCUT2D eigenvalue weighted by molar-refractivity contribution is -0.117. The molecule has 1 heterocycles. The fraction of sp³-hybridized carbons (Fsp3) is 0.333. The number of benzene rings is 2. The molecule has 1 fully saturated rings. The van der Waals surface area contributed by atoms with E-state index in [0.29, 0.717) is 0 Å². The highest BCUT2D eigenvalue weighted by molar-refractivity contribution is 5.95. The molecule has 0 bridgehead atoms. The maximum atomic E-state index is 13.6. The van der Waals surface area contributed by atoms with Crippen LogP contribution in [-0.2, 0) is 9.59 Å². The molecular weight excluding hydrogens is 345 g/mol. The summed E-state index contributed by atoms with van der Waals surface area (Å²) in [6.45, 7) is 3.83. The van der Waals surface area contributed by atoms with Crippen molar-refractivity contribution in [2.24, 2.45) is 0 Å². The molecule has 1 aliphatic rings. The van der Waals surface area contributed by atoms with E-state index in [4.69, 9.17) is 0 Å². The third-order valence-corrected chi connectivity index (χ3v) is 4.72. The van der Waals surface area contributed by atoms with E-state index in [1.54, 1.807) is 17.0 Å². The predicted octanol–water partition coefficient (Wildman–Crippen LogP) is 3.81. The Morgan fingerprint density at radius 2 is 1.74 bits per heavy atom. The second-order valence-corrected chi connectivity index (χ2v) is 6.66. The summed E-state index contributed by atoms with van der Waals surface area (Å²) in [5, 5.41) is 2.54. The maximum Gasteiger partial charge on any atom is 0.226 e. The van der Waals surface area contributed by atoms with Crippen LogP contribution in [0.5, 0.6) is 0 Å². The summed E-state index contributed by atoms with van der Waals surface area (Å²) in [4.78, 5) is 28.1. The number of para-hydroxylation sites is 1. The fourth-order valence-corrected chi connectivity index (χ4v) is 3.28. The molecular formula is C21H24FN3O2. The van der Waals surface area contributed by atoms with E-state index in [1.807, 2.05) is 24.3 Å². The Balaban J connectivity index is 1.61. The monoisotopic (exact) mass is 369 g/mol. The Hall–Kier alpha value is -2.89. The Morgan fingerprint density at radius 3 is 2.37 bits per heavy atom. The molecule has 1 saturated heterocycles. The molecule has 6 heteroatoms. The summed E-state index contributed by atoms with van der Waals surface area (Å²) in [7, 11) is 0. The number of carbonyl (C=O) groups is 2. The third-order valence-electron chi connectivity index (χ3n) is 4.72. The van der Waals surface area contributed by atoms with Crippen molar-refractivity contribution in [3.63, 3.8) is 0 Å². The lowest BCUT2D eigenvalue weighted by Gasteiger charge is -2.23. The van der Waals surface area contributed by atoms with Crippen LogP contribution in [0.3, 0.4) is 0 Å². The summed E-state index contributed by atoms with van der Waals surface area (Å²) < 4.78 is 13.6. The van der Waals surface area contributed by atoms with Crippen molar-refractivity contribution < 1.29 is 14.0 Å². The van der Waals surface area contributed by atoms with Gasteiger partial charge in [-0.25, -0.2) is 4.39 Å². The van der Waals surface area contributed by atoms with Gasteiger partial charge in [0, 0.05) is 44.4 Å². The molecule has 0 aliphatic carbocycles. The van der Waals surface area contributed by atoms with Gasteiger partial charge in [0.2, 0.25) is 11.8 Å². The van der Waals surface area contributed by atoms with Gasteiger partial charge in [-0.05, 0) is 49.2 Å². The van der Waals surface area contributed by atoms with E-state index in [9.17, 15) is 14.0 Å². The highest BCUT2D eigenvalue weighted by Gasteiger charge is 2.16. The molecule has 2 aromatic carbocycles. The quantitative estimate of drug-likeness (QED) is 0.842. The molecule has 142 valence electrons. The van der Waals surface area contributed by atoms with Gasteiger partial charge >= 0.3 is 0 Å². The summed E-state index contributed by atoms with van der Waals surface area (Å²) >= 11 is 0. The van der Waals surface area contributed by atoms with Gasteiger partial charge in [-0.2, -0.15) is 0 Å². The van der Waals surface area contributed by atoms with E-state index in [2.05, 4.69) is 10.2 Å². The second kappa shape index (κ2) is 8.66. The zero-order valence-corrected chi connectivity index (χ0v) is 15.5. The highest BCUT2D eigenvalue weighted by Crippen LogP contribution is 2.24. The Labute approximate surface area is 158 Å². The van der Waals surface area contributed by atoms with Crippen molar-refractivity contribution in [2.75, 3.05) is 34.8 Å². The molecule has 0 unspecified atom stereocenters. The first-order valence-corrected chi connectivity index (χ1v) is 9.22. The van der Waals surface area contributed by atoms with E-state index < -0.39 is 5.82 Å². The van der Waals surface area contributed by atoms with Crippen LogP contribution in [0.2, 0.25) is 0 Å². The van der Waals surface area contributed by atoms with Crippen LogP contribution >= 0.6 is 0 Å². The summed E-state index contributed by atoms with van der Waals surface area (Å²) in [5.74, 6) is -0.950. The number of anilines is 3. The normalized spacial score (nSPS) is 13.5. The number of carbonyl (C=O) groups excluding carboxylic acids is 2. The molecule has 0 saturated carbocycles. The molecule has 0 radical (unpaired) electrons. The zero-order chi connectivity index (χ0) is 19.2. The van der Waals surface area contributed by atoms with Crippen LogP contribution in [0.15, 0.2) is 48.5 Å². The first kappa shape index (κ1) is 18.9. The molecule has 27 heavy (non-hydrogen) atoms. The van der Waals surface area contributed by atoms with Crippen molar-refractivity contribution in [3.05, 3.63) is 54.3 Å². The average molecular weight is 369 g/mol. The van der Waals surface area contributed by atoms with Crippen molar-refractivity contribution >= 4 is 28.9 Å². The minimum atomic E-state index is -0.480. The van der Waals surface area contributed by atoms with Crippen LogP contribution in [0.25, 0.3) is 0 Å². The molecule has 0 aromatic heterocycles. The number of amides is 2. The standard InChI is InChI=1S/C21H24FN3O2/c1-16(26)25(15-12-21(27)23-20-7-3-2-6-19(20)22)18-10-8-17(9-11-18)24-13-4-5-14-24/h2-3,6-11H,4-5,12-15H2,1H3,(H,23,27). The topological polar surface area (TPSA) is 52.7 Å². The van der Waals surface area contributed by atoms with Crippen LogP contribution < -0.4 is 15.1 Å². The molecule has 0 atom stereocenters. The molecule has 3 rings (SSSR count). The Bertz CT molecular complexity index is 801. The minimum Gasteiger partial charge on any atom is -0.372 e. The van der Waals surface area contributed by atoms with Gasteiger partial charge < -0.3 is 15.1 Å². The van der Waals surface area contributed by atoms with Crippen LogP contribution in [0.1, 0.15) is 26.2 Å². The molecule has 2 amide bonds. The smallest absolute Gasteiger partial charge is 0.226 e. The molecule has 1 N–H and O–H groups in total. The van der Waals surface area contributed by atoms with Crippen LogP contribution in [0, 0.1) is 5.82 Å². The Kier molecular flexibility index (Phi) is 6.06. The third kappa shape index (κ3) is 4.84. The van der Waals surface area contributed by atoms with Crippen LogP contribution in [-0.4, -0.2) is 31.4 Å². The van der Waals surface area contributed by atoms with Crippen LogP contribution in [0.4, 0.5) is 21.5 Å². The zero-order valence-electron chi connectivity index (χ0n) is 15.5. The van der Waals surface area contributed by atoms with Gasteiger partial charge in [-0.1, -0.05) is 12.1 Å². The number of halogens is 1. The summed E-state index contributed by atoms with van der Waals surface area (Å²) in [6.07, 6.45) is 2.50. The minimum absolute atomic E-state index is 0.0851. The van der Waals surface area contributed by atoms with Crippen molar-refractivity contribution in [2.45, 2.75) is 26.2 Å². The van der Waals surface area contributed by atoms with Crippen molar-refractivity contribution in [1.29, 1.82) is 0 Å². The number of hydrogen-bond acceptors (Lipinski definition) is 3. The number of rotatable bonds is 6. The lowest BCUT2D eigenvalue weighted by Crippen LogP contribution is -2.32. The fourth-order valence-electron chi connectivity index (χ4n) is 3.28. The number of nitrogens with zero attached hydrogens (tertiary/aromatic N) is 2. The highest BCUT2D eigenvalue weighted by atomic mass is 19.1. The van der Waals surface area contributed by atoms with E-state index in [0.717, 1.165) is 24.5 Å². The van der Waals surface area contributed by atoms with Gasteiger partial charge in [0.05, 0.1) is 5.69 Å². The van der Waals surface area contributed by atoms with E-state index in [-0.39, 0.29) is 30.5 Å². The van der Waals surface area contributed by atoms with Crippen molar-refractivity contribution in [3.8, 4) is 0 Å². The van der Waals surface area contributed by atoms with Gasteiger partial charge in [-0.3, -0.25) is 9.59 Å². The van der Waals surface area contributed by atoms with Gasteiger partial charge in [0.25, 0.3) is 0 Å². The largest absolute Gasteiger partial charge is 0.372 e. The SMILES string of the molecule is CC(=O)N(CCC(=O)Nc1ccccc1F)c1ccc(N2CCCC2)cc1. The summed E-state index contributed by atoms with van der Waals surface area (Å²) in [6, 6.07) is 13.9. The van der Waals surface area contributed by atoms with E-state index in [1.165, 1.54) is 31.9 Å². The van der Waals surface area contributed by atoms with Crippen molar-refractivity contribution in [1.82, 2.24) is 0 Å². The lowest BCUT2D eigenvalue weighted by atomic mass is 10.2. The van der Waals surface area contributed by atoms with Gasteiger partial charge in [0.1, 0.15) is 5.82 Å². The van der Waals surface area contributed by atoms with Gasteiger partial charge in [0.15, 0.2) is 0 Å². The first-order valence-electron chi connectivity index (χ1n) is 9.22. The first-order chi connectivity index (χ1) is 13.0. The molecule has 1 aliphatic heterocycles. The van der Waals surface area contributed by atoms with Gasteiger partial charge in [-0.15, -0.1) is 0 Å². The summed E-state index contributed by atoms with van der Waals surface area (Å²) in [5.41, 5.74) is 2.05. The molecule has 2 aromatic rings. The second-order valence-electron chi connectivity index (χ2n) is 6.66. The molecule has 5 nitrogen and oxygen atoms in total.